The summed E-state index contributed by atoms with van der Waals surface area (Å²) in [6.45, 7) is 7.92. The van der Waals surface area contributed by atoms with Crippen LogP contribution in [0.15, 0.2) is 5.10 Å². The van der Waals surface area contributed by atoms with E-state index in [0.717, 1.165) is 12.5 Å². The van der Waals surface area contributed by atoms with Crippen molar-refractivity contribution in [3.05, 3.63) is 0 Å². The molecule has 1 aliphatic heterocycles. The van der Waals surface area contributed by atoms with Gasteiger partial charge in [0.25, 0.3) is 0 Å². The minimum absolute atomic E-state index is 0.488. The SMILES string of the molecule is CCCCCCN1N=CN(C)C1CC(C)C. The van der Waals surface area contributed by atoms with Crippen molar-refractivity contribution in [2.45, 2.75) is 59.0 Å². The molecule has 1 atom stereocenters. The summed E-state index contributed by atoms with van der Waals surface area (Å²) in [7, 11) is 2.13. The van der Waals surface area contributed by atoms with Crippen LogP contribution < -0.4 is 0 Å². The third-order valence-electron chi connectivity index (χ3n) is 3.12. The molecule has 0 amide bonds. The van der Waals surface area contributed by atoms with Gasteiger partial charge in [0.2, 0.25) is 0 Å². The van der Waals surface area contributed by atoms with Gasteiger partial charge in [-0.15, -0.1) is 0 Å². The number of hydrazone groups is 1. The van der Waals surface area contributed by atoms with Crippen molar-refractivity contribution < 1.29 is 0 Å². The lowest BCUT2D eigenvalue weighted by Gasteiger charge is -2.29. The van der Waals surface area contributed by atoms with E-state index in [1.807, 2.05) is 6.34 Å². The molecule has 1 aliphatic rings. The highest BCUT2D eigenvalue weighted by molar-refractivity contribution is 5.56. The third kappa shape index (κ3) is 4.03. The zero-order chi connectivity index (χ0) is 12.0. The van der Waals surface area contributed by atoms with Gasteiger partial charge in [-0.25, -0.2) is 0 Å². The van der Waals surface area contributed by atoms with Crippen molar-refractivity contribution in [1.82, 2.24) is 9.91 Å². The topological polar surface area (TPSA) is 18.8 Å². The molecule has 3 heteroatoms. The van der Waals surface area contributed by atoms with Gasteiger partial charge >= 0.3 is 0 Å². The van der Waals surface area contributed by atoms with Gasteiger partial charge in [-0.3, -0.25) is 5.01 Å². The van der Waals surface area contributed by atoms with Crippen LogP contribution in [0.4, 0.5) is 0 Å². The first-order valence-electron chi connectivity index (χ1n) is 6.67. The molecule has 16 heavy (non-hydrogen) atoms. The quantitative estimate of drug-likeness (QED) is 0.620. The molecule has 0 aliphatic carbocycles. The Hall–Kier alpha value is -0.730. The van der Waals surface area contributed by atoms with Crippen molar-refractivity contribution in [3.63, 3.8) is 0 Å². The molecule has 0 spiro atoms. The summed E-state index contributed by atoms with van der Waals surface area (Å²) in [5.74, 6) is 0.729. The predicted octanol–water partition coefficient (Wildman–Crippen LogP) is 3.13. The second-order valence-electron chi connectivity index (χ2n) is 5.23. The largest absolute Gasteiger partial charge is 0.343 e. The second kappa shape index (κ2) is 6.77. The van der Waals surface area contributed by atoms with E-state index >= 15 is 0 Å². The first-order chi connectivity index (χ1) is 7.65. The molecule has 1 unspecified atom stereocenters. The standard InChI is InChI=1S/C13H27N3/c1-5-6-7-8-9-16-13(10-12(2)3)15(4)11-14-16/h11-13H,5-10H2,1-4H3. The molecule has 0 aromatic heterocycles. The number of unbranched alkanes of at least 4 members (excludes halogenated alkanes) is 3. The van der Waals surface area contributed by atoms with Gasteiger partial charge < -0.3 is 4.90 Å². The van der Waals surface area contributed by atoms with Crippen LogP contribution >= 0.6 is 0 Å². The number of hydrogen-bond acceptors (Lipinski definition) is 3. The van der Waals surface area contributed by atoms with Gasteiger partial charge in [-0.2, -0.15) is 5.10 Å². The average molecular weight is 225 g/mol. The molecule has 1 heterocycles. The van der Waals surface area contributed by atoms with Crippen LogP contribution in [0.1, 0.15) is 52.9 Å². The molecule has 94 valence electrons. The molecule has 0 saturated heterocycles. The van der Waals surface area contributed by atoms with E-state index in [2.05, 4.69) is 42.8 Å². The van der Waals surface area contributed by atoms with Crippen molar-refractivity contribution in [2.75, 3.05) is 13.6 Å². The summed E-state index contributed by atoms with van der Waals surface area (Å²) in [6.07, 6.45) is 8.91. The highest BCUT2D eigenvalue weighted by atomic mass is 15.6. The molecular weight excluding hydrogens is 198 g/mol. The lowest BCUT2D eigenvalue weighted by atomic mass is 10.1. The molecule has 0 aromatic carbocycles. The smallest absolute Gasteiger partial charge is 0.119 e. The molecule has 0 saturated carbocycles. The van der Waals surface area contributed by atoms with Crippen molar-refractivity contribution in [3.8, 4) is 0 Å². The molecule has 0 fully saturated rings. The Labute approximate surface area is 100 Å². The molecule has 0 N–H and O–H groups in total. The molecule has 3 nitrogen and oxygen atoms in total. The van der Waals surface area contributed by atoms with E-state index in [1.165, 1.54) is 32.1 Å². The Kier molecular flexibility index (Phi) is 5.64. The molecular formula is C13H27N3. The summed E-state index contributed by atoms with van der Waals surface area (Å²) in [5, 5.41) is 6.74. The minimum atomic E-state index is 0.488. The second-order valence-corrected chi connectivity index (χ2v) is 5.23. The maximum absolute atomic E-state index is 4.48. The molecule has 1 rings (SSSR count). The molecule has 0 bridgehead atoms. The molecule has 0 radical (unpaired) electrons. The predicted molar refractivity (Wildman–Crippen MR) is 70.3 cm³/mol. The van der Waals surface area contributed by atoms with Gasteiger partial charge in [0.05, 0.1) is 0 Å². The average Bonchev–Trinajstić information content (AvgIpc) is 2.56. The summed E-state index contributed by atoms with van der Waals surface area (Å²) in [6, 6.07) is 0. The van der Waals surface area contributed by atoms with Crippen LogP contribution in [0.5, 0.6) is 0 Å². The van der Waals surface area contributed by atoms with Crippen LogP contribution in [0.2, 0.25) is 0 Å². The molecule has 0 aromatic rings. The van der Waals surface area contributed by atoms with E-state index in [4.69, 9.17) is 0 Å². The zero-order valence-electron chi connectivity index (χ0n) is 11.3. The Balaban J connectivity index is 2.30. The van der Waals surface area contributed by atoms with Crippen LogP contribution in [-0.4, -0.2) is 36.0 Å². The highest BCUT2D eigenvalue weighted by Crippen LogP contribution is 2.19. The monoisotopic (exact) mass is 225 g/mol. The maximum Gasteiger partial charge on any atom is 0.119 e. The van der Waals surface area contributed by atoms with E-state index in [1.54, 1.807) is 0 Å². The van der Waals surface area contributed by atoms with E-state index < -0.39 is 0 Å². The van der Waals surface area contributed by atoms with Crippen molar-refractivity contribution in [1.29, 1.82) is 0 Å². The Morgan fingerprint density at radius 2 is 2.00 bits per heavy atom. The van der Waals surface area contributed by atoms with Crippen LogP contribution in [0.25, 0.3) is 0 Å². The van der Waals surface area contributed by atoms with Crippen LogP contribution in [0.3, 0.4) is 0 Å². The summed E-state index contributed by atoms with van der Waals surface area (Å²) in [5.41, 5.74) is 0. The highest BCUT2D eigenvalue weighted by Gasteiger charge is 2.25. The van der Waals surface area contributed by atoms with Gasteiger partial charge in [-0.05, 0) is 18.8 Å². The number of hydrogen-bond donors (Lipinski definition) is 0. The minimum Gasteiger partial charge on any atom is -0.343 e. The van der Waals surface area contributed by atoms with Gasteiger partial charge in [0, 0.05) is 13.6 Å². The fourth-order valence-electron chi connectivity index (χ4n) is 2.13. The van der Waals surface area contributed by atoms with E-state index in [9.17, 15) is 0 Å². The van der Waals surface area contributed by atoms with Crippen molar-refractivity contribution >= 4 is 6.34 Å². The van der Waals surface area contributed by atoms with Crippen LogP contribution in [-0.2, 0) is 0 Å². The Morgan fingerprint density at radius 1 is 1.25 bits per heavy atom. The lowest BCUT2D eigenvalue weighted by Crippen LogP contribution is -2.38. The zero-order valence-corrected chi connectivity index (χ0v) is 11.3. The fraction of sp³-hybridized carbons (Fsp3) is 0.923. The van der Waals surface area contributed by atoms with Crippen LogP contribution in [0, 0.1) is 5.92 Å². The number of nitrogens with zero attached hydrogens (tertiary/aromatic N) is 3. The normalized spacial score (nSPS) is 20.2. The maximum atomic E-state index is 4.48. The third-order valence-corrected chi connectivity index (χ3v) is 3.12. The summed E-state index contributed by atoms with van der Waals surface area (Å²) >= 11 is 0. The van der Waals surface area contributed by atoms with Gasteiger partial charge in [-0.1, -0.05) is 40.0 Å². The Morgan fingerprint density at radius 3 is 2.62 bits per heavy atom. The van der Waals surface area contributed by atoms with E-state index in [-0.39, 0.29) is 0 Å². The fourth-order valence-corrected chi connectivity index (χ4v) is 2.13. The first kappa shape index (κ1) is 13.3. The van der Waals surface area contributed by atoms with Gasteiger partial charge in [0.15, 0.2) is 0 Å². The summed E-state index contributed by atoms with van der Waals surface area (Å²) in [4.78, 5) is 2.24. The number of rotatable bonds is 7. The lowest BCUT2D eigenvalue weighted by molar-refractivity contribution is 0.122. The van der Waals surface area contributed by atoms with Crippen molar-refractivity contribution in [2.24, 2.45) is 11.0 Å². The summed E-state index contributed by atoms with van der Waals surface area (Å²) < 4.78 is 0. The first-order valence-corrected chi connectivity index (χ1v) is 6.67. The van der Waals surface area contributed by atoms with E-state index in [0.29, 0.717) is 6.17 Å². The van der Waals surface area contributed by atoms with Gasteiger partial charge in [0.1, 0.15) is 12.5 Å². The Bertz CT molecular complexity index is 213.